The van der Waals surface area contributed by atoms with Gasteiger partial charge in [-0.25, -0.2) is 9.78 Å². The highest BCUT2D eigenvalue weighted by atomic mass is 16.6. The van der Waals surface area contributed by atoms with Crippen LogP contribution in [-0.4, -0.2) is 33.7 Å². The quantitative estimate of drug-likeness (QED) is 0.885. The Labute approximate surface area is 148 Å². The van der Waals surface area contributed by atoms with E-state index in [1.807, 2.05) is 39.0 Å². The van der Waals surface area contributed by atoms with E-state index in [1.165, 1.54) is 0 Å². The van der Waals surface area contributed by atoms with Crippen LogP contribution < -0.4 is 10.6 Å². The minimum Gasteiger partial charge on any atom is -0.444 e. The molecule has 0 aliphatic heterocycles. The molecule has 0 saturated heterocycles. The third-order valence-corrected chi connectivity index (χ3v) is 4.27. The predicted molar refractivity (Wildman–Crippen MR) is 98.6 cm³/mol. The molecular weight excluding hydrogens is 316 g/mol. The summed E-state index contributed by atoms with van der Waals surface area (Å²) in [5.41, 5.74) is 0.454. The van der Waals surface area contributed by atoms with Crippen LogP contribution >= 0.6 is 0 Å². The molecule has 1 aliphatic rings. The lowest BCUT2D eigenvalue weighted by Gasteiger charge is -2.31. The van der Waals surface area contributed by atoms with E-state index in [0.29, 0.717) is 0 Å². The van der Waals surface area contributed by atoms with E-state index in [1.54, 1.807) is 12.4 Å². The zero-order chi connectivity index (χ0) is 17.9. The van der Waals surface area contributed by atoms with Crippen LogP contribution in [0.1, 0.15) is 46.5 Å². The van der Waals surface area contributed by atoms with Gasteiger partial charge in [0.1, 0.15) is 11.4 Å². The number of aromatic nitrogens is 2. The van der Waals surface area contributed by atoms with Crippen molar-refractivity contribution >= 4 is 22.8 Å². The number of carbonyl (C=O) groups excluding carboxylic acids is 1. The van der Waals surface area contributed by atoms with Crippen molar-refractivity contribution in [1.82, 2.24) is 15.3 Å². The first kappa shape index (κ1) is 17.5. The molecule has 1 saturated carbocycles. The number of rotatable bonds is 3. The summed E-state index contributed by atoms with van der Waals surface area (Å²) in [5.74, 6) is 0.855. The van der Waals surface area contributed by atoms with Gasteiger partial charge in [-0.3, -0.25) is 4.98 Å². The molecule has 1 amide bonds. The van der Waals surface area contributed by atoms with Gasteiger partial charge in [0, 0.05) is 29.9 Å². The molecule has 0 radical (unpaired) electrons. The predicted octanol–water partition coefficient (Wildman–Crippen LogP) is 3.88. The monoisotopic (exact) mass is 342 g/mol. The molecule has 25 heavy (non-hydrogen) atoms. The van der Waals surface area contributed by atoms with Crippen molar-refractivity contribution in [3.05, 3.63) is 30.6 Å². The summed E-state index contributed by atoms with van der Waals surface area (Å²) in [6.07, 6.45) is 7.17. The molecule has 2 atom stereocenters. The molecule has 2 heterocycles. The van der Waals surface area contributed by atoms with Crippen molar-refractivity contribution in [2.45, 2.75) is 64.1 Å². The summed E-state index contributed by atoms with van der Waals surface area (Å²) in [5, 5.41) is 7.55. The highest BCUT2D eigenvalue weighted by molar-refractivity contribution is 5.88. The molecule has 3 rings (SSSR count). The summed E-state index contributed by atoms with van der Waals surface area (Å²) in [4.78, 5) is 20.8. The number of anilines is 1. The normalized spacial score (nSPS) is 20.9. The van der Waals surface area contributed by atoms with Gasteiger partial charge in [0.25, 0.3) is 0 Å². The molecule has 0 spiro atoms. The maximum Gasteiger partial charge on any atom is 0.407 e. The van der Waals surface area contributed by atoms with E-state index in [2.05, 4.69) is 20.6 Å². The van der Waals surface area contributed by atoms with Crippen LogP contribution in [0.15, 0.2) is 30.6 Å². The van der Waals surface area contributed by atoms with Crippen LogP contribution in [0.5, 0.6) is 0 Å². The molecular formula is C19H26N4O2. The third kappa shape index (κ3) is 4.81. The van der Waals surface area contributed by atoms with E-state index in [0.717, 1.165) is 42.4 Å². The van der Waals surface area contributed by atoms with Gasteiger partial charge < -0.3 is 15.4 Å². The number of hydrogen-bond acceptors (Lipinski definition) is 5. The van der Waals surface area contributed by atoms with Gasteiger partial charge in [0.2, 0.25) is 0 Å². The van der Waals surface area contributed by atoms with Crippen molar-refractivity contribution in [3.8, 4) is 0 Å². The third-order valence-electron chi connectivity index (χ3n) is 4.27. The van der Waals surface area contributed by atoms with E-state index in [-0.39, 0.29) is 18.2 Å². The zero-order valence-corrected chi connectivity index (χ0v) is 15.1. The van der Waals surface area contributed by atoms with E-state index in [4.69, 9.17) is 4.74 Å². The fourth-order valence-electron chi connectivity index (χ4n) is 3.24. The summed E-state index contributed by atoms with van der Waals surface area (Å²) in [7, 11) is 0. The number of ether oxygens (including phenoxy) is 1. The molecule has 0 unspecified atom stereocenters. The van der Waals surface area contributed by atoms with Crippen molar-refractivity contribution in [1.29, 1.82) is 0 Å². The van der Waals surface area contributed by atoms with Crippen LogP contribution in [0.25, 0.3) is 10.9 Å². The average Bonchev–Trinajstić information content (AvgIpc) is 2.54. The van der Waals surface area contributed by atoms with Gasteiger partial charge in [-0.05, 0) is 64.7 Å². The van der Waals surface area contributed by atoms with Gasteiger partial charge in [-0.1, -0.05) is 0 Å². The van der Waals surface area contributed by atoms with E-state index >= 15 is 0 Å². The maximum atomic E-state index is 12.0. The van der Waals surface area contributed by atoms with Gasteiger partial charge in [-0.2, -0.15) is 0 Å². The molecule has 0 aromatic carbocycles. The number of alkyl carbamates (subject to hydrolysis) is 1. The summed E-state index contributed by atoms with van der Waals surface area (Å²) in [6.45, 7) is 5.62. The number of fused-ring (bicyclic) bond motifs is 1. The molecule has 6 heteroatoms. The smallest absolute Gasteiger partial charge is 0.407 e. The van der Waals surface area contributed by atoms with Crippen molar-refractivity contribution < 1.29 is 9.53 Å². The Balaban J connectivity index is 1.62. The Bertz CT molecular complexity index is 736. The first-order chi connectivity index (χ1) is 11.9. The lowest BCUT2D eigenvalue weighted by Crippen LogP contribution is -2.43. The Morgan fingerprint density at radius 3 is 2.76 bits per heavy atom. The number of amides is 1. The molecule has 2 aromatic heterocycles. The molecule has 1 aliphatic carbocycles. The standard InChI is InChI=1S/C19H26N4O2/c1-19(2,3)25-18(24)23-14-7-4-6-13(12-14)22-17-15-8-5-10-20-16(15)9-11-21-17/h5,8-11,13-14H,4,6-7,12H2,1-3H3,(H,21,22)(H,23,24)/t13-,14+/m1/s1. The topological polar surface area (TPSA) is 76.1 Å². The highest BCUT2D eigenvalue weighted by Crippen LogP contribution is 2.25. The Morgan fingerprint density at radius 1 is 1.16 bits per heavy atom. The zero-order valence-electron chi connectivity index (χ0n) is 15.1. The Kier molecular flexibility index (Phi) is 5.06. The molecule has 2 N–H and O–H groups in total. The summed E-state index contributed by atoms with van der Waals surface area (Å²) < 4.78 is 5.36. The first-order valence-corrected chi connectivity index (χ1v) is 8.86. The van der Waals surface area contributed by atoms with Crippen LogP contribution in [0.3, 0.4) is 0 Å². The molecule has 6 nitrogen and oxygen atoms in total. The average molecular weight is 342 g/mol. The van der Waals surface area contributed by atoms with Crippen molar-refractivity contribution in [3.63, 3.8) is 0 Å². The van der Waals surface area contributed by atoms with Crippen LogP contribution in [-0.2, 0) is 4.74 Å². The lowest BCUT2D eigenvalue weighted by atomic mass is 9.91. The molecule has 134 valence electrons. The molecule has 2 aromatic rings. The van der Waals surface area contributed by atoms with Crippen LogP contribution in [0.4, 0.5) is 10.6 Å². The van der Waals surface area contributed by atoms with Gasteiger partial charge in [0.05, 0.1) is 5.52 Å². The maximum absolute atomic E-state index is 12.0. The number of nitrogens with zero attached hydrogens (tertiary/aromatic N) is 2. The number of carbonyl (C=O) groups is 1. The van der Waals surface area contributed by atoms with Crippen LogP contribution in [0, 0.1) is 0 Å². The fourth-order valence-corrected chi connectivity index (χ4v) is 3.24. The summed E-state index contributed by atoms with van der Waals surface area (Å²) in [6, 6.07) is 6.25. The minimum atomic E-state index is -0.476. The van der Waals surface area contributed by atoms with Crippen molar-refractivity contribution in [2.75, 3.05) is 5.32 Å². The van der Waals surface area contributed by atoms with Gasteiger partial charge >= 0.3 is 6.09 Å². The molecule has 1 fully saturated rings. The second-order valence-corrected chi connectivity index (χ2v) is 7.58. The first-order valence-electron chi connectivity index (χ1n) is 8.86. The number of nitrogens with one attached hydrogen (secondary N) is 2. The second-order valence-electron chi connectivity index (χ2n) is 7.58. The highest BCUT2D eigenvalue weighted by Gasteiger charge is 2.26. The van der Waals surface area contributed by atoms with Crippen LogP contribution in [0.2, 0.25) is 0 Å². The SMILES string of the molecule is CC(C)(C)OC(=O)N[C@H]1CCC[C@@H](Nc2nccc3ncccc23)C1. The van der Waals surface area contributed by atoms with E-state index in [9.17, 15) is 4.79 Å². The van der Waals surface area contributed by atoms with Crippen molar-refractivity contribution in [2.24, 2.45) is 0 Å². The van der Waals surface area contributed by atoms with E-state index < -0.39 is 5.60 Å². The minimum absolute atomic E-state index is 0.120. The number of hydrogen-bond donors (Lipinski definition) is 2. The van der Waals surface area contributed by atoms with Gasteiger partial charge in [-0.15, -0.1) is 0 Å². The molecule has 0 bridgehead atoms. The second kappa shape index (κ2) is 7.25. The number of pyridine rings is 2. The fraction of sp³-hybridized carbons (Fsp3) is 0.526. The Morgan fingerprint density at radius 2 is 1.96 bits per heavy atom. The summed E-state index contributed by atoms with van der Waals surface area (Å²) >= 11 is 0. The lowest BCUT2D eigenvalue weighted by molar-refractivity contribution is 0.0492. The van der Waals surface area contributed by atoms with Gasteiger partial charge in [0.15, 0.2) is 0 Å². The Hall–Kier alpha value is -2.37. The largest absolute Gasteiger partial charge is 0.444 e.